The van der Waals surface area contributed by atoms with E-state index in [1.807, 2.05) is 0 Å². The van der Waals surface area contributed by atoms with E-state index >= 15 is 0 Å². The third-order valence-electron chi connectivity index (χ3n) is 4.71. The zero-order chi connectivity index (χ0) is 19.8. The van der Waals surface area contributed by atoms with Gasteiger partial charge in [0.1, 0.15) is 29.1 Å². The Balaban J connectivity index is 1.75. The van der Waals surface area contributed by atoms with Crippen molar-refractivity contribution in [3.05, 3.63) is 89.2 Å². The number of nitrogens with one attached hydrogen (secondary N) is 1. The lowest BCUT2D eigenvalue weighted by Crippen LogP contribution is -2.31. The molecule has 1 N–H and O–H groups in total. The molecule has 2 aromatic carbocycles. The van der Waals surface area contributed by atoms with Gasteiger partial charge in [0.25, 0.3) is 5.91 Å². The number of rotatable bonds is 4. The molecular formula is C21H17F2N3O2. The molecule has 1 amide bonds. The van der Waals surface area contributed by atoms with Crippen LogP contribution in [0.2, 0.25) is 0 Å². The van der Waals surface area contributed by atoms with Crippen LogP contribution in [0, 0.1) is 18.6 Å². The number of nitrogens with zero attached hydrogens (tertiary/aromatic N) is 2. The monoisotopic (exact) mass is 381 g/mol. The minimum Gasteiger partial charge on any atom is -0.451 e. The number of amides is 1. The minimum absolute atomic E-state index is 0.0520. The quantitative estimate of drug-likeness (QED) is 0.574. The second kappa shape index (κ2) is 6.92. The fourth-order valence-electron chi connectivity index (χ4n) is 3.25. The molecule has 0 aliphatic carbocycles. The number of aromatic nitrogens is 2. The number of aryl methyl sites for hydroxylation is 2. The van der Waals surface area contributed by atoms with Crippen molar-refractivity contribution in [3.63, 3.8) is 0 Å². The minimum atomic E-state index is -0.821. The number of benzene rings is 2. The number of fused-ring (bicyclic) bond motifs is 1. The first-order chi connectivity index (χ1) is 13.5. The van der Waals surface area contributed by atoms with E-state index in [0.717, 1.165) is 0 Å². The van der Waals surface area contributed by atoms with Gasteiger partial charge in [-0.15, -0.1) is 0 Å². The zero-order valence-electron chi connectivity index (χ0n) is 15.2. The van der Waals surface area contributed by atoms with E-state index in [-0.39, 0.29) is 11.3 Å². The lowest BCUT2D eigenvalue weighted by molar-refractivity contribution is 0.0914. The molecule has 0 spiro atoms. The summed E-state index contributed by atoms with van der Waals surface area (Å²) in [6.45, 7) is 1.68. The van der Waals surface area contributed by atoms with E-state index in [0.29, 0.717) is 22.4 Å². The molecule has 0 aliphatic heterocycles. The molecule has 5 nitrogen and oxygen atoms in total. The van der Waals surface area contributed by atoms with Crippen LogP contribution in [0.25, 0.3) is 11.0 Å². The van der Waals surface area contributed by atoms with Crippen molar-refractivity contribution in [2.24, 2.45) is 7.05 Å². The molecule has 0 saturated carbocycles. The summed E-state index contributed by atoms with van der Waals surface area (Å²) in [5, 5.41) is 3.32. The zero-order valence-corrected chi connectivity index (χ0v) is 15.2. The van der Waals surface area contributed by atoms with E-state index < -0.39 is 23.6 Å². The Labute approximate surface area is 159 Å². The van der Waals surface area contributed by atoms with Crippen LogP contribution in [0.5, 0.6) is 0 Å². The SMILES string of the molecule is Cc1c(C(=O)N[C@@H](c2ccccc2F)c2nccn2C)oc2ccc(F)cc12. The molecule has 4 rings (SSSR count). The third-order valence-corrected chi connectivity index (χ3v) is 4.71. The van der Waals surface area contributed by atoms with E-state index in [1.54, 1.807) is 49.1 Å². The summed E-state index contributed by atoms with van der Waals surface area (Å²) in [4.78, 5) is 17.2. The number of carbonyl (C=O) groups is 1. The van der Waals surface area contributed by atoms with Gasteiger partial charge in [0.15, 0.2) is 5.76 Å². The standard InChI is InChI=1S/C21H17F2N3O2/c1-12-15-11-13(22)7-8-17(15)28-19(12)21(27)25-18(20-24-9-10-26(20)2)14-5-3-4-6-16(14)23/h3-11,18H,1-2H3,(H,25,27)/t18-/m0/s1. The van der Waals surface area contributed by atoms with Crippen molar-refractivity contribution < 1.29 is 18.0 Å². The molecule has 4 aromatic rings. The average molecular weight is 381 g/mol. The number of halogens is 2. The van der Waals surface area contributed by atoms with Crippen molar-refractivity contribution in [3.8, 4) is 0 Å². The van der Waals surface area contributed by atoms with Gasteiger partial charge in [-0.05, 0) is 31.2 Å². The second-order valence-corrected chi connectivity index (χ2v) is 6.52. The molecule has 0 radical (unpaired) electrons. The molecule has 0 unspecified atom stereocenters. The van der Waals surface area contributed by atoms with Crippen LogP contribution in [-0.2, 0) is 7.05 Å². The van der Waals surface area contributed by atoms with Crippen LogP contribution >= 0.6 is 0 Å². The van der Waals surface area contributed by atoms with E-state index in [2.05, 4.69) is 10.3 Å². The van der Waals surface area contributed by atoms with Crippen molar-refractivity contribution in [1.29, 1.82) is 0 Å². The second-order valence-electron chi connectivity index (χ2n) is 6.52. The molecular weight excluding hydrogens is 364 g/mol. The molecule has 0 fully saturated rings. The Bertz CT molecular complexity index is 1180. The molecule has 142 valence electrons. The van der Waals surface area contributed by atoms with Gasteiger partial charge in [-0.25, -0.2) is 13.8 Å². The van der Waals surface area contributed by atoms with Crippen molar-refractivity contribution >= 4 is 16.9 Å². The predicted molar refractivity (Wildman–Crippen MR) is 99.8 cm³/mol. The first kappa shape index (κ1) is 17.9. The van der Waals surface area contributed by atoms with Gasteiger partial charge in [-0.2, -0.15) is 0 Å². The summed E-state index contributed by atoms with van der Waals surface area (Å²) < 4.78 is 35.3. The highest BCUT2D eigenvalue weighted by molar-refractivity contribution is 5.99. The van der Waals surface area contributed by atoms with Gasteiger partial charge >= 0.3 is 0 Å². The lowest BCUT2D eigenvalue weighted by atomic mass is 10.0. The molecule has 28 heavy (non-hydrogen) atoms. The highest BCUT2D eigenvalue weighted by Gasteiger charge is 2.26. The van der Waals surface area contributed by atoms with E-state index in [1.165, 1.54) is 24.3 Å². The number of furan rings is 1. The van der Waals surface area contributed by atoms with E-state index in [4.69, 9.17) is 4.42 Å². The first-order valence-corrected chi connectivity index (χ1v) is 8.67. The number of carbonyl (C=O) groups excluding carboxylic acids is 1. The van der Waals surface area contributed by atoms with Gasteiger partial charge in [-0.1, -0.05) is 18.2 Å². The lowest BCUT2D eigenvalue weighted by Gasteiger charge is -2.19. The van der Waals surface area contributed by atoms with Crippen LogP contribution in [-0.4, -0.2) is 15.5 Å². The normalized spacial score (nSPS) is 12.3. The molecule has 0 bridgehead atoms. The Hall–Kier alpha value is -3.48. The summed E-state index contributed by atoms with van der Waals surface area (Å²) in [6.07, 6.45) is 3.29. The fourth-order valence-corrected chi connectivity index (χ4v) is 3.25. The summed E-state index contributed by atoms with van der Waals surface area (Å²) >= 11 is 0. The highest BCUT2D eigenvalue weighted by Crippen LogP contribution is 2.28. The Kier molecular flexibility index (Phi) is 4.43. The van der Waals surface area contributed by atoms with Crippen LogP contribution in [0.4, 0.5) is 8.78 Å². The van der Waals surface area contributed by atoms with Crippen molar-refractivity contribution in [1.82, 2.24) is 14.9 Å². The third kappa shape index (κ3) is 3.05. The Morgan fingerprint density at radius 2 is 2.00 bits per heavy atom. The summed E-state index contributed by atoms with van der Waals surface area (Å²) in [5.41, 5.74) is 1.20. The number of imidazole rings is 1. The predicted octanol–water partition coefficient (Wildman–Crippen LogP) is 4.27. The van der Waals surface area contributed by atoms with Gasteiger partial charge < -0.3 is 14.3 Å². The molecule has 2 heterocycles. The molecule has 0 aliphatic rings. The van der Waals surface area contributed by atoms with Crippen LogP contribution < -0.4 is 5.32 Å². The summed E-state index contributed by atoms with van der Waals surface area (Å²) in [7, 11) is 1.76. The topological polar surface area (TPSA) is 60.1 Å². The maximum Gasteiger partial charge on any atom is 0.288 e. The largest absolute Gasteiger partial charge is 0.451 e. The van der Waals surface area contributed by atoms with Crippen LogP contribution in [0.3, 0.4) is 0 Å². The maximum absolute atomic E-state index is 14.5. The van der Waals surface area contributed by atoms with Crippen molar-refractivity contribution in [2.75, 3.05) is 0 Å². The smallest absolute Gasteiger partial charge is 0.288 e. The molecule has 0 saturated heterocycles. The fraction of sp³-hybridized carbons (Fsp3) is 0.143. The van der Waals surface area contributed by atoms with E-state index in [9.17, 15) is 13.6 Å². The average Bonchev–Trinajstić information content (AvgIpc) is 3.24. The number of hydrogen-bond donors (Lipinski definition) is 1. The Morgan fingerprint density at radius 1 is 1.21 bits per heavy atom. The maximum atomic E-state index is 14.5. The van der Waals surface area contributed by atoms with Gasteiger partial charge in [0.2, 0.25) is 0 Å². The highest BCUT2D eigenvalue weighted by atomic mass is 19.1. The van der Waals surface area contributed by atoms with Gasteiger partial charge in [-0.3, -0.25) is 4.79 Å². The molecule has 1 atom stereocenters. The van der Waals surface area contributed by atoms with Gasteiger partial charge in [0.05, 0.1) is 0 Å². The molecule has 7 heteroatoms. The van der Waals surface area contributed by atoms with Crippen molar-refractivity contribution in [2.45, 2.75) is 13.0 Å². The first-order valence-electron chi connectivity index (χ1n) is 8.67. The summed E-state index contributed by atoms with van der Waals surface area (Å²) in [6, 6.07) is 9.42. The summed E-state index contributed by atoms with van der Waals surface area (Å²) in [5.74, 6) is -0.889. The number of hydrogen-bond acceptors (Lipinski definition) is 3. The molecule has 2 aromatic heterocycles. The Morgan fingerprint density at radius 3 is 2.71 bits per heavy atom. The van der Waals surface area contributed by atoms with Crippen LogP contribution in [0.1, 0.15) is 33.5 Å². The van der Waals surface area contributed by atoms with Gasteiger partial charge in [0, 0.05) is 36.0 Å². The van der Waals surface area contributed by atoms with Crippen LogP contribution in [0.15, 0.2) is 59.3 Å².